The molecule has 40 heavy (non-hydrogen) atoms. The highest BCUT2D eigenvalue weighted by molar-refractivity contribution is 7.09. The number of nitrogens with zero attached hydrogens (tertiary/aromatic N) is 5. The third kappa shape index (κ3) is 6.87. The van der Waals surface area contributed by atoms with Crippen LogP contribution in [-0.2, 0) is 4.79 Å². The van der Waals surface area contributed by atoms with E-state index in [0.717, 1.165) is 0 Å². The quantitative estimate of drug-likeness (QED) is 0.133. The van der Waals surface area contributed by atoms with Gasteiger partial charge in [-0.15, -0.1) is 11.3 Å². The fourth-order valence-corrected chi connectivity index (χ4v) is 5.68. The molecular formula is C25H33ClN10O3S. The number of amides is 3. The normalized spacial score (nSPS) is 17.6. The molecule has 15 heteroatoms. The maximum atomic E-state index is 13.4. The molecule has 4 heterocycles. The molecule has 3 aromatic rings. The van der Waals surface area contributed by atoms with Crippen molar-refractivity contribution in [2.24, 2.45) is 11.5 Å². The summed E-state index contributed by atoms with van der Waals surface area (Å²) in [6, 6.07) is 2.05. The highest BCUT2D eigenvalue weighted by Crippen LogP contribution is 2.34. The third-order valence-corrected chi connectivity index (χ3v) is 7.72. The van der Waals surface area contributed by atoms with E-state index in [-0.39, 0.29) is 35.2 Å². The van der Waals surface area contributed by atoms with E-state index in [1.807, 2.05) is 0 Å². The molecule has 1 saturated heterocycles. The Balaban J connectivity index is 1.45. The van der Waals surface area contributed by atoms with Gasteiger partial charge < -0.3 is 36.3 Å². The first-order chi connectivity index (χ1) is 19.0. The van der Waals surface area contributed by atoms with Crippen molar-refractivity contribution in [1.82, 2.24) is 34.8 Å². The molecule has 0 aliphatic carbocycles. The summed E-state index contributed by atoms with van der Waals surface area (Å²) >= 11 is 7.33. The number of aromatic nitrogens is 3. The minimum atomic E-state index is -0.730. The van der Waals surface area contributed by atoms with Crippen molar-refractivity contribution in [3.63, 3.8) is 0 Å². The fraction of sp³-hybridized carbons (Fsp3) is 0.440. The largest absolute Gasteiger partial charge is 0.370 e. The van der Waals surface area contributed by atoms with Gasteiger partial charge >= 0.3 is 0 Å². The zero-order valence-electron chi connectivity index (χ0n) is 22.3. The second-order valence-corrected chi connectivity index (χ2v) is 11.2. The molecule has 13 nitrogen and oxygen atoms in total. The molecule has 3 aromatic heterocycles. The molecule has 0 radical (unpaired) electrons. The van der Waals surface area contributed by atoms with Gasteiger partial charge in [-0.3, -0.25) is 19.8 Å². The summed E-state index contributed by atoms with van der Waals surface area (Å²) < 4.78 is 1.69. The van der Waals surface area contributed by atoms with Crippen LogP contribution < -0.4 is 22.1 Å². The zero-order chi connectivity index (χ0) is 29.0. The molecule has 0 saturated carbocycles. The highest BCUT2D eigenvalue weighted by atomic mass is 35.5. The number of rotatable bonds is 10. The number of hydrogen-bond donors (Lipinski definition) is 5. The minimum absolute atomic E-state index is 0.111. The third-order valence-electron chi connectivity index (χ3n) is 6.55. The standard InChI is InChI=1S/C25H33ClN10O3S/c1-34(2)23(38)16(5-3-4-8-30-25(28)29)32-21(37)18-13-40-22(33-18)19-9-15(27)11-36(19)24(39)17-12-35-10-14(26)6-7-20(35)31-17/h6-7,10,12-13,15-16,19H,3-5,8-9,11,27H2,1-2H3,(H,32,37)(H4,28,29,30)/t15-,16+,19+/m1/s1. The van der Waals surface area contributed by atoms with Crippen LogP contribution in [0, 0.1) is 5.41 Å². The van der Waals surface area contributed by atoms with E-state index in [2.05, 4.69) is 20.6 Å². The second-order valence-electron chi connectivity index (χ2n) is 9.87. The Hall–Kier alpha value is -3.75. The smallest absolute Gasteiger partial charge is 0.274 e. The number of halogens is 1. The maximum Gasteiger partial charge on any atom is 0.274 e. The predicted molar refractivity (Wildman–Crippen MR) is 152 cm³/mol. The highest BCUT2D eigenvalue weighted by Gasteiger charge is 2.38. The average molecular weight is 589 g/mol. The van der Waals surface area contributed by atoms with Crippen LogP contribution in [0.25, 0.3) is 5.65 Å². The number of guanidine groups is 1. The number of carbonyl (C=O) groups is 3. The lowest BCUT2D eigenvalue weighted by atomic mass is 10.1. The average Bonchev–Trinajstić information content (AvgIpc) is 3.64. The van der Waals surface area contributed by atoms with Gasteiger partial charge in [-0.25, -0.2) is 9.97 Å². The van der Waals surface area contributed by atoms with E-state index in [1.165, 1.54) is 16.2 Å². The van der Waals surface area contributed by atoms with Crippen molar-refractivity contribution >= 4 is 52.3 Å². The molecule has 214 valence electrons. The SMILES string of the molecule is CN(C)C(=O)[C@H](CCCCNC(=N)N)NC(=O)c1csc([C@@H]2C[C@@H](N)CN2C(=O)c2cn3cc(Cl)ccc3n2)n1. The number of pyridine rings is 1. The summed E-state index contributed by atoms with van der Waals surface area (Å²) in [6.45, 7) is 0.834. The van der Waals surface area contributed by atoms with Crippen molar-refractivity contribution in [2.75, 3.05) is 27.2 Å². The van der Waals surface area contributed by atoms with Crippen LogP contribution in [0.2, 0.25) is 5.02 Å². The van der Waals surface area contributed by atoms with Crippen molar-refractivity contribution in [2.45, 2.75) is 43.8 Å². The van der Waals surface area contributed by atoms with Crippen LogP contribution in [-0.4, -0.2) is 87.1 Å². The Morgan fingerprint density at radius 1 is 1.23 bits per heavy atom. The molecule has 0 aromatic carbocycles. The zero-order valence-corrected chi connectivity index (χ0v) is 23.8. The summed E-state index contributed by atoms with van der Waals surface area (Å²) in [4.78, 5) is 51.3. The Morgan fingerprint density at radius 3 is 2.73 bits per heavy atom. The molecule has 7 N–H and O–H groups in total. The van der Waals surface area contributed by atoms with Gasteiger partial charge in [-0.05, 0) is 37.8 Å². The van der Waals surface area contributed by atoms with Gasteiger partial charge in [-0.1, -0.05) is 11.6 Å². The Kier molecular flexibility index (Phi) is 9.22. The van der Waals surface area contributed by atoms with Crippen molar-refractivity contribution < 1.29 is 14.4 Å². The van der Waals surface area contributed by atoms with Crippen LogP contribution in [0.15, 0.2) is 29.9 Å². The number of unbranched alkanes of at least 4 members (excludes halogenated alkanes) is 1. The second kappa shape index (κ2) is 12.6. The Labute approximate surface area is 240 Å². The Morgan fingerprint density at radius 2 is 2.00 bits per heavy atom. The van der Waals surface area contributed by atoms with E-state index >= 15 is 0 Å². The number of imidazole rings is 1. The molecule has 3 atom stereocenters. The summed E-state index contributed by atoms with van der Waals surface area (Å²) in [6.07, 6.45) is 5.54. The van der Waals surface area contributed by atoms with Crippen LogP contribution in [0.3, 0.4) is 0 Å². The summed E-state index contributed by atoms with van der Waals surface area (Å²) in [5.41, 5.74) is 12.6. The monoisotopic (exact) mass is 588 g/mol. The van der Waals surface area contributed by atoms with Crippen LogP contribution in [0.1, 0.15) is 57.7 Å². The molecular weight excluding hydrogens is 556 g/mol. The van der Waals surface area contributed by atoms with E-state index in [1.54, 1.807) is 53.3 Å². The van der Waals surface area contributed by atoms with Crippen molar-refractivity contribution in [3.05, 3.63) is 51.3 Å². The maximum absolute atomic E-state index is 13.4. The lowest BCUT2D eigenvalue weighted by molar-refractivity contribution is -0.130. The number of likely N-dealkylation sites (tertiary alicyclic amines) is 1. The number of carbonyl (C=O) groups excluding carboxylic acids is 3. The molecule has 4 rings (SSSR count). The molecule has 0 unspecified atom stereocenters. The van der Waals surface area contributed by atoms with Gasteiger partial charge in [0, 0.05) is 51.0 Å². The molecule has 0 spiro atoms. The van der Waals surface area contributed by atoms with Crippen LogP contribution >= 0.6 is 22.9 Å². The first-order valence-corrected chi connectivity index (χ1v) is 14.1. The van der Waals surface area contributed by atoms with Crippen LogP contribution in [0.5, 0.6) is 0 Å². The van der Waals surface area contributed by atoms with Gasteiger partial charge in [-0.2, -0.15) is 0 Å². The molecule has 3 amide bonds. The number of thiazole rings is 1. The number of nitrogens with two attached hydrogens (primary N) is 2. The van der Waals surface area contributed by atoms with Gasteiger partial charge in [0.1, 0.15) is 28.1 Å². The number of hydrogen-bond acceptors (Lipinski definition) is 8. The van der Waals surface area contributed by atoms with Gasteiger partial charge in [0.25, 0.3) is 11.8 Å². The van der Waals surface area contributed by atoms with Crippen molar-refractivity contribution in [1.29, 1.82) is 5.41 Å². The Bertz CT molecular complexity index is 1410. The van der Waals surface area contributed by atoms with Gasteiger partial charge in [0.2, 0.25) is 5.91 Å². The minimum Gasteiger partial charge on any atom is -0.370 e. The van der Waals surface area contributed by atoms with Gasteiger partial charge in [0.15, 0.2) is 5.96 Å². The van der Waals surface area contributed by atoms with E-state index in [9.17, 15) is 14.4 Å². The van der Waals surface area contributed by atoms with Crippen LogP contribution in [0.4, 0.5) is 0 Å². The summed E-state index contributed by atoms with van der Waals surface area (Å²) in [5, 5.41) is 15.5. The molecule has 1 aliphatic heterocycles. The van der Waals surface area contributed by atoms with E-state index in [0.29, 0.717) is 54.5 Å². The first kappa shape index (κ1) is 29.2. The van der Waals surface area contributed by atoms with E-state index < -0.39 is 18.0 Å². The lowest BCUT2D eigenvalue weighted by Crippen LogP contribution is -2.46. The van der Waals surface area contributed by atoms with Crippen molar-refractivity contribution in [3.8, 4) is 0 Å². The fourth-order valence-electron chi connectivity index (χ4n) is 4.58. The first-order valence-electron chi connectivity index (χ1n) is 12.8. The van der Waals surface area contributed by atoms with E-state index in [4.69, 9.17) is 28.5 Å². The lowest BCUT2D eigenvalue weighted by Gasteiger charge is -2.22. The molecule has 1 aliphatic rings. The number of nitrogens with one attached hydrogen (secondary N) is 3. The summed E-state index contributed by atoms with van der Waals surface area (Å²) in [7, 11) is 3.26. The predicted octanol–water partition coefficient (Wildman–Crippen LogP) is 1.20. The van der Waals surface area contributed by atoms with Gasteiger partial charge in [0.05, 0.1) is 11.1 Å². The number of fused-ring (bicyclic) bond motifs is 1. The topological polar surface area (TPSA) is 188 Å². The molecule has 1 fully saturated rings. The molecule has 0 bridgehead atoms. The summed E-state index contributed by atoms with van der Waals surface area (Å²) in [5.74, 6) is -1.09. The number of likely N-dealkylation sites (N-methyl/N-ethyl adjacent to an activating group) is 1.